The molecule has 2 saturated heterocycles. The minimum absolute atomic E-state index is 0.111. The van der Waals surface area contributed by atoms with Crippen molar-refractivity contribution in [1.29, 1.82) is 5.26 Å². The van der Waals surface area contributed by atoms with Crippen LogP contribution in [0.4, 0.5) is 4.79 Å². The molecule has 0 unspecified atom stereocenters. The molecular weight excluding hydrogens is 416 g/mol. The van der Waals surface area contributed by atoms with Crippen LogP contribution in [0.3, 0.4) is 0 Å². The van der Waals surface area contributed by atoms with Crippen LogP contribution in [-0.2, 0) is 16.0 Å². The molecular formula is C26H42N4O3. The van der Waals surface area contributed by atoms with E-state index in [0.717, 1.165) is 32.8 Å². The lowest BCUT2D eigenvalue weighted by Crippen LogP contribution is -2.63. The summed E-state index contributed by atoms with van der Waals surface area (Å²) < 4.78 is 11.4. The van der Waals surface area contributed by atoms with E-state index in [1.807, 2.05) is 25.7 Å². The maximum atomic E-state index is 12.9. The Balaban J connectivity index is 0.00000122. The summed E-state index contributed by atoms with van der Waals surface area (Å²) in [4.78, 5) is 19.9. The van der Waals surface area contributed by atoms with Gasteiger partial charge in [0.25, 0.3) is 0 Å². The van der Waals surface area contributed by atoms with Crippen LogP contribution in [0, 0.1) is 11.3 Å². The first kappa shape index (κ1) is 27.1. The Labute approximate surface area is 200 Å². The molecule has 2 aliphatic rings. The third-order valence-corrected chi connectivity index (χ3v) is 6.08. The summed E-state index contributed by atoms with van der Waals surface area (Å²) in [5, 5.41) is 7.32. The lowest BCUT2D eigenvalue weighted by molar-refractivity contribution is -0.0637. The van der Waals surface area contributed by atoms with Gasteiger partial charge in [-0.2, -0.15) is 5.26 Å². The topological polar surface area (TPSA) is 69.0 Å². The highest BCUT2D eigenvalue weighted by Gasteiger charge is 2.38. The van der Waals surface area contributed by atoms with Crippen molar-refractivity contribution in [3.05, 3.63) is 35.9 Å². The van der Waals surface area contributed by atoms with Crippen LogP contribution >= 0.6 is 0 Å². The van der Waals surface area contributed by atoms with E-state index < -0.39 is 5.60 Å². The maximum absolute atomic E-state index is 12.9. The molecule has 33 heavy (non-hydrogen) atoms. The zero-order valence-electron chi connectivity index (χ0n) is 21.5. The number of benzene rings is 1. The Morgan fingerprint density at radius 1 is 1.09 bits per heavy atom. The number of morpholine rings is 1. The van der Waals surface area contributed by atoms with Crippen LogP contribution in [0.15, 0.2) is 30.3 Å². The summed E-state index contributed by atoms with van der Waals surface area (Å²) in [5.41, 5.74) is 0.823. The highest BCUT2D eigenvalue weighted by Crippen LogP contribution is 2.24. The fourth-order valence-electron chi connectivity index (χ4n) is 4.51. The smallest absolute Gasteiger partial charge is 0.410 e. The van der Waals surface area contributed by atoms with Crippen molar-refractivity contribution in [2.75, 3.05) is 32.8 Å². The molecule has 7 heteroatoms. The molecule has 0 aliphatic carbocycles. The summed E-state index contributed by atoms with van der Waals surface area (Å²) in [7, 11) is 0. The van der Waals surface area contributed by atoms with Crippen LogP contribution in [-0.4, -0.2) is 83.4 Å². The molecule has 184 valence electrons. The van der Waals surface area contributed by atoms with Crippen molar-refractivity contribution in [2.45, 2.75) is 84.8 Å². The van der Waals surface area contributed by atoms with Gasteiger partial charge < -0.3 is 14.4 Å². The summed E-state index contributed by atoms with van der Waals surface area (Å²) in [6.07, 6.45) is -0.206. The molecule has 0 saturated carbocycles. The molecule has 0 radical (unpaired) electrons. The van der Waals surface area contributed by atoms with Gasteiger partial charge in [0.05, 0.1) is 19.3 Å². The van der Waals surface area contributed by atoms with Crippen molar-refractivity contribution >= 4 is 6.09 Å². The fraction of sp³-hybridized carbons (Fsp3) is 0.692. The van der Waals surface area contributed by atoms with E-state index in [2.05, 4.69) is 60.9 Å². The van der Waals surface area contributed by atoms with Crippen LogP contribution < -0.4 is 0 Å². The van der Waals surface area contributed by atoms with Gasteiger partial charge in [-0.3, -0.25) is 9.80 Å². The number of nitrogens with zero attached hydrogens (tertiary/aromatic N) is 4. The highest BCUT2D eigenvalue weighted by atomic mass is 16.6. The maximum Gasteiger partial charge on any atom is 0.410 e. The van der Waals surface area contributed by atoms with Gasteiger partial charge in [0.15, 0.2) is 0 Å². The molecule has 0 aromatic heterocycles. The van der Waals surface area contributed by atoms with E-state index in [1.165, 1.54) is 12.5 Å². The normalized spacial score (nSPS) is 26.7. The van der Waals surface area contributed by atoms with E-state index >= 15 is 0 Å². The number of ether oxygens (including phenoxy) is 2. The summed E-state index contributed by atoms with van der Waals surface area (Å²) in [6.45, 7) is 18.7. The molecule has 0 spiro atoms. The van der Waals surface area contributed by atoms with Gasteiger partial charge in [-0.05, 0) is 47.1 Å². The van der Waals surface area contributed by atoms with Crippen LogP contribution in [0.1, 0.15) is 54.0 Å². The predicted molar refractivity (Wildman–Crippen MR) is 131 cm³/mol. The number of nitriles is 1. The summed E-state index contributed by atoms with van der Waals surface area (Å²) in [6, 6.07) is 13.5. The lowest BCUT2D eigenvalue weighted by Gasteiger charge is -2.49. The predicted octanol–water partition coefficient (Wildman–Crippen LogP) is 4.14. The molecule has 2 heterocycles. The van der Waals surface area contributed by atoms with Gasteiger partial charge in [0.2, 0.25) is 0 Å². The molecule has 0 bridgehead atoms. The quantitative estimate of drug-likeness (QED) is 0.676. The van der Waals surface area contributed by atoms with Crippen molar-refractivity contribution in [1.82, 2.24) is 14.7 Å². The van der Waals surface area contributed by atoms with E-state index in [9.17, 15) is 4.79 Å². The van der Waals surface area contributed by atoms with Crippen LogP contribution in [0.25, 0.3) is 0 Å². The Bertz CT molecular complexity index is 764. The largest absolute Gasteiger partial charge is 0.444 e. The van der Waals surface area contributed by atoms with Gasteiger partial charge in [-0.25, -0.2) is 4.79 Å². The van der Waals surface area contributed by atoms with Crippen molar-refractivity contribution in [3.63, 3.8) is 0 Å². The van der Waals surface area contributed by atoms with E-state index in [1.54, 1.807) is 6.07 Å². The van der Waals surface area contributed by atoms with Gasteiger partial charge >= 0.3 is 6.09 Å². The number of piperazine rings is 1. The van der Waals surface area contributed by atoms with Gasteiger partial charge in [-0.15, -0.1) is 0 Å². The average Bonchev–Trinajstić information content (AvgIpc) is 2.72. The highest BCUT2D eigenvalue weighted by molar-refractivity contribution is 5.68. The molecule has 0 N–H and O–H groups in total. The van der Waals surface area contributed by atoms with Gasteiger partial charge in [-0.1, -0.05) is 30.3 Å². The van der Waals surface area contributed by atoms with Gasteiger partial charge in [0, 0.05) is 57.3 Å². The SMILES string of the molecule is CC#N.C[C@@H]1CN(Cc2ccccc2)[C@@H](CN2[C@H](C)COC[C@H]2C)CN1C(=O)OC(C)(C)C. The van der Waals surface area contributed by atoms with Crippen LogP contribution in [0.2, 0.25) is 0 Å². The third-order valence-electron chi connectivity index (χ3n) is 6.08. The lowest BCUT2D eigenvalue weighted by atomic mass is 10.0. The molecule has 4 atom stereocenters. The Kier molecular flexibility index (Phi) is 10.2. The fourth-order valence-corrected chi connectivity index (χ4v) is 4.51. The van der Waals surface area contributed by atoms with Gasteiger partial charge in [0.1, 0.15) is 5.60 Å². The molecule has 1 aromatic rings. The first-order valence-corrected chi connectivity index (χ1v) is 12.0. The average molecular weight is 459 g/mol. The third kappa shape index (κ3) is 8.29. The molecule has 1 amide bonds. The number of hydrogen-bond acceptors (Lipinski definition) is 6. The Morgan fingerprint density at radius 2 is 1.67 bits per heavy atom. The first-order valence-electron chi connectivity index (χ1n) is 12.0. The van der Waals surface area contributed by atoms with E-state index in [0.29, 0.717) is 18.6 Å². The van der Waals surface area contributed by atoms with Crippen molar-refractivity contribution in [2.24, 2.45) is 0 Å². The zero-order valence-corrected chi connectivity index (χ0v) is 21.5. The standard InChI is InChI=1S/C24H39N3O3.C2H3N/c1-18-12-25(13-21-10-8-7-9-11-21)22(14-26-19(2)16-29-17-20(26)3)15-27(18)23(28)30-24(4,5)6;1-2-3/h7-11,18-20,22H,12-17H2,1-6H3;1H3/t18-,19-,20-,22+;/m1./s1. The molecule has 7 nitrogen and oxygen atoms in total. The Morgan fingerprint density at radius 3 is 2.21 bits per heavy atom. The van der Waals surface area contributed by atoms with Crippen LogP contribution in [0.5, 0.6) is 0 Å². The second-order valence-corrected chi connectivity index (χ2v) is 10.2. The molecule has 1 aromatic carbocycles. The molecule has 3 rings (SSSR count). The monoisotopic (exact) mass is 458 g/mol. The Hall–Kier alpha value is -2.14. The molecule has 2 fully saturated rings. The number of rotatable bonds is 4. The number of hydrogen-bond donors (Lipinski definition) is 0. The summed E-state index contributed by atoms with van der Waals surface area (Å²) >= 11 is 0. The van der Waals surface area contributed by atoms with E-state index in [4.69, 9.17) is 14.7 Å². The number of amides is 1. The van der Waals surface area contributed by atoms with Crippen molar-refractivity contribution in [3.8, 4) is 6.07 Å². The first-order chi connectivity index (χ1) is 15.6. The molecule has 2 aliphatic heterocycles. The number of carbonyl (C=O) groups is 1. The minimum atomic E-state index is -0.485. The zero-order chi connectivity index (χ0) is 24.6. The van der Waals surface area contributed by atoms with Crippen molar-refractivity contribution < 1.29 is 14.3 Å². The second-order valence-electron chi connectivity index (χ2n) is 10.2. The minimum Gasteiger partial charge on any atom is -0.444 e. The summed E-state index contributed by atoms with van der Waals surface area (Å²) in [5.74, 6) is 0. The number of carbonyl (C=O) groups excluding carboxylic acids is 1. The van der Waals surface area contributed by atoms with E-state index in [-0.39, 0.29) is 18.2 Å². The second kappa shape index (κ2) is 12.4.